The number of hydrogen-bond donors (Lipinski definition) is 1. The lowest BCUT2D eigenvalue weighted by atomic mass is 10.1. The quantitative estimate of drug-likeness (QED) is 0.612. The van der Waals surface area contributed by atoms with Crippen molar-refractivity contribution in [1.29, 1.82) is 0 Å². The summed E-state index contributed by atoms with van der Waals surface area (Å²) in [6.07, 6.45) is 0. The first-order valence-corrected chi connectivity index (χ1v) is 3.34. The molecule has 0 aromatic carbocycles. The lowest BCUT2D eigenvalue weighted by Crippen LogP contribution is -2.36. The van der Waals surface area contributed by atoms with E-state index in [0.29, 0.717) is 0 Å². The molecule has 5 nitrogen and oxygen atoms in total. The van der Waals surface area contributed by atoms with E-state index in [-0.39, 0.29) is 6.61 Å². The summed E-state index contributed by atoms with van der Waals surface area (Å²) < 4.78 is 9.04. The number of carbonyl (C=O) groups is 2. The highest BCUT2D eigenvalue weighted by Crippen LogP contribution is 2.08. The van der Waals surface area contributed by atoms with E-state index in [1.54, 1.807) is 0 Å². The van der Waals surface area contributed by atoms with Crippen LogP contribution in [-0.4, -0.2) is 36.4 Å². The Morgan fingerprint density at radius 2 is 1.92 bits per heavy atom. The van der Waals surface area contributed by atoms with E-state index in [2.05, 4.69) is 4.74 Å². The Kier molecular flexibility index (Phi) is 3.69. The zero-order valence-corrected chi connectivity index (χ0v) is 7.29. The molecule has 0 bridgehead atoms. The van der Waals surface area contributed by atoms with Crippen molar-refractivity contribution in [3.8, 4) is 0 Å². The van der Waals surface area contributed by atoms with Crippen molar-refractivity contribution >= 4 is 11.9 Å². The topological polar surface area (TPSA) is 72.8 Å². The van der Waals surface area contributed by atoms with Crippen LogP contribution >= 0.6 is 0 Å². The monoisotopic (exact) mass is 176 g/mol. The second-order valence-corrected chi connectivity index (χ2v) is 2.68. The molecule has 12 heavy (non-hydrogen) atoms. The van der Waals surface area contributed by atoms with Gasteiger partial charge in [0.25, 0.3) is 0 Å². The molecule has 0 aliphatic rings. The predicted molar refractivity (Wildman–Crippen MR) is 39.7 cm³/mol. The molecule has 0 aliphatic carbocycles. The molecule has 0 saturated carbocycles. The largest absolute Gasteiger partial charge is 0.479 e. The molecule has 0 radical (unpaired) electrons. The molecule has 0 heterocycles. The van der Waals surface area contributed by atoms with Gasteiger partial charge >= 0.3 is 11.9 Å². The third-order valence-electron chi connectivity index (χ3n) is 1.29. The highest BCUT2D eigenvalue weighted by atomic mass is 16.6. The van der Waals surface area contributed by atoms with E-state index in [4.69, 9.17) is 9.84 Å². The minimum atomic E-state index is -1.35. The molecule has 0 unspecified atom stereocenters. The molecule has 0 aromatic heterocycles. The molecule has 5 heteroatoms. The van der Waals surface area contributed by atoms with Crippen LogP contribution in [0.15, 0.2) is 0 Å². The molecule has 70 valence electrons. The average molecular weight is 176 g/mol. The number of ether oxygens (including phenoxy) is 2. The molecule has 0 spiro atoms. The highest BCUT2D eigenvalue weighted by molar-refractivity contribution is 5.77. The van der Waals surface area contributed by atoms with Gasteiger partial charge in [-0.1, -0.05) is 0 Å². The number of rotatable bonds is 4. The van der Waals surface area contributed by atoms with Crippen LogP contribution in [0.5, 0.6) is 0 Å². The highest BCUT2D eigenvalue weighted by Gasteiger charge is 2.28. The summed E-state index contributed by atoms with van der Waals surface area (Å²) in [5.74, 6) is -1.71. The zero-order chi connectivity index (χ0) is 9.78. The van der Waals surface area contributed by atoms with Crippen LogP contribution in [0.1, 0.15) is 13.8 Å². The molecular weight excluding hydrogens is 164 g/mol. The second kappa shape index (κ2) is 4.06. The van der Waals surface area contributed by atoms with Crippen molar-refractivity contribution in [1.82, 2.24) is 0 Å². The van der Waals surface area contributed by atoms with Crippen LogP contribution in [0, 0.1) is 0 Å². The fourth-order valence-electron chi connectivity index (χ4n) is 0.360. The minimum Gasteiger partial charge on any atom is -0.479 e. The summed E-state index contributed by atoms with van der Waals surface area (Å²) >= 11 is 0. The standard InChI is InChI=1S/C7H12O5/c1-7(2,6(9)10)12-4-5(8)11-3/h4H2,1-3H3,(H,9,10). The molecule has 0 rings (SSSR count). The van der Waals surface area contributed by atoms with Crippen LogP contribution in [0.3, 0.4) is 0 Å². The third-order valence-corrected chi connectivity index (χ3v) is 1.29. The Hall–Kier alpha value is -1.10. The Morgan fingerprint density at radius 1 is 1.42 bits per heavy atom. The van der Waals surface area contributed by atoms with Crippen molar-refractivity contribution in [3.63, 3.8) is 0 Å². The van der Waals surface area contributed by atoms with Crippen LogP contribution in [0.4, 0.5) is 0 Å². The number of carboxylic acid groups (broad SMARTS) is 1. The Morgan fingerprint density at radius 3 is 2.25 bits per heavy atom. The molecule has 0 aromatic rings. The van der Waals surface area contributed by atoms with E-state index in [1.165, 1.54) is 21.0 Å². The third kappa shape index (κ3) is 3.34. The lowest BCUT2D eigenvalue weighted by Gasteiger charge is -2.18. The Bertz CT molecular complexity index is 184. The van der Waals surface area contributed by atoms with Crippen LogP contribution in [-0.2, 0) is 19.1 Å². The van der Waals surface area contributed by atoms with Crippen LogP contribution in [0.2, 0.25) is 0 Å². The Labute approximate surface area is 70.3 Å². The molecule has 0 atom stereocenters. The summed E-state index contributed by atoms with van der Waals surface area (Å²) in [4.78, 5) is 21.0. The van der Waals surface area contributed by atoms with Gasteiger partial charge in [0.15, 0.2) is 5.60 Å². The molecule has 0 saturated heterocycles. The lowest BCUT2D eigenvalue weighted by molar-refractivity contribution is -0.167. The van der Waals surface area contributed by atoms with Gasteiger partial charge < -0.3 is 14.6 Å². The first-order chi connectivity index (χ1) is 5.40. The zero-order valence-electron chi connectivity index (χ0n) is 7.29. The van der Waals surface area contributed by atoms with Gasteiger partial charge in [-0.25, -0.2) is 9.59 Å². The fourth-order valence-corrected chi connectivity index (χ4v) is 0.360. The molecule has 0 aliphatic heterocycles. The smallest absolute Gasteiger partial charge is 0.335 e. The molecular formula is C7H12O5. The summed E-state index contributed by atoms with van der Waals surface area (Å²) in [5, 5.41) is 8.55. The average Bonchev–Trinajstić information content (AvgIpc) is 2.00. The number of carboxylic acids is 1. The van der Waals surface area contributed by atoms with E-state index >= 15 is 0 Å². The fraction of sp³-hybridized carbons (Fsp3) is 0.714. The van der Waals surface area contributed by atoms with Gasteiger partial charge in [0.05, 0.1) is 7.11 Å². The first-order valence-electron chi connectivity index (χ1n) is 3.34. The molecule has 1 N–H and O–H groups in total. The molecule has 0 fully saturated rings. The van der Waals surface area contributed by atoms with Gasteiger partial charge in [0, 0.05) is 0 Å². The van der Waals surface area contributed by atoms with Gasteiger partial charge in [0.1, 0.15) is 6.61 Å². The number of methoxy groups -OCH3 is 1. The van der Waals surface area contributed by atoms with Crippen molar-refractivity contribution in [2.24, 2.45) is 0 Å². The van der Waals surface area contributed by atoms with Crippen molar-refractivity contribution in [2.75, 3.05) is 13.7 Å². The van der Waals surface area contributed by atoms with Crippen LogP contribution in [0.25, 0.3) is 0 Å². The number of carbonyl (C=O) groups excluding carboxylic acids is 1. The van der Waals surface area contributed by atoms with Crippen molar-refractivity contribution in [2.45, 2.75) is 19.4 Å². The van der Waals surface area contributed by atoms with Crippen molar-refractivity contribution < 1.29 is 24.2 Å². The predicted octanol–water partition coefficient (Wildman–Crippen LogP) is 0.0392. The van der Waals surface area contributed by atoms with E-state index < -0.39 is 17.5 Å². The van der Waals surface area contributed by atoms with E-state index in [9.17, 15) is 9.59 Å². The SMILES string of the molecule is COC(=O)COC(C)(C)C(=O)O. The Balaban J connectivity index is 3.92. The van der Waals surface area contributed by atoms with Gasteiger partial charge in [-0.3, -0.25) is 0 Å². The second-order valence-electron chi connectivity index (χ2n) is 2.68. The van der Waals surface area contributed by atoms with Gasteiger partial charge in [-0.05, 0) is 13.8 Å². The van der Waals surface area contributed by atoms with Crippen LogP contribution < -0.4 is 0 Å². The van der Waals surface area contributed by atoms with Gasteiger partial charge in [0.2, 0.25) is 0 Å². The summed E-state index contributed by atoms with van der Waals surface area (Å²) in [6, 6.07) is 0. The minimum absolute atomic E-state index is 0.351. The maximum absolute atomic E-state index is 10.5. The van der Waals surface area contributed by atoms with Gasteiger partial charge in [-0.15, -0.1) is 0 Å². The maximum atomic E-state index is 10.5. The number of esters is 1. The van der Waals surface area contributed by atoms with Gasteiger partial charge in [-0.2, -0.15) is 0 Å². The summed E-state index contributed by atoms with van der Waals surface area (Å²) in [7, 11) is 1.21. The maximum Gasteiger partial charge on any atom is 0.335 e. The van der Waals surface area contributed by atoms with Crippen molar-refractivity contribution in [3.05, 3.63) is 0 Å². The first kappa shape index (κ1) is 10.9. The molecule has 0 amide bonds. The van der Waals surface area contributed by atoms with E-state index in [0.717, 1.165) is 0 Å². The normalized spacial score (nSPS) is 10.9. The number of aliphatic carboxylic acids is 1. The summed E-state index contributed by atoms with van der Waals surface area (Å²) in [5.41, 5.74) is -1.35. The number of hydrogen-bond acceptors (Lipinski definition) is 4. The summed E-state index contributed by atoms with van der Waals surface area (Å²) in [6.45, 7) is 2.37. The van der Waals surface area contributed by atoms with E-state index in [1.807, 2.05) is 0 Å².